The molecule has 0 bridgehead atoms. The van der Waals surface area contributed by atoms with Crippen LogP contribution >= 0.6 is 0 Å². The Hall–Kier alpha value is -2.70. The Labute approximate surface area is 127 Å². The maximum absolute atomic E-state index is 4.44. The summed E-state index contributed by atoms with van der Waals surface area (Å²) in [6.45, 7) is 2.91. The molecule has 0 spiro atoms. The van der Waals surface area contributed by atoms with Gasteiger partial charge < -0.3 is 10.2 Å². The van der Waals surface area contributed by atoms with Crippen molar-refractivity contribution in [1.29, 1.82) is 0 Å². The first kappa shape index (κ1) is 13.0. The minimum atomic E-state index is 0.582. The van der Waals surface area contributed by atoms with Crippen molar-refractivity contribution in [3.05, 3.63) is 36.9 Å². The number of aromatic amines is 1. The minimum Gasteiger partial charge on any atom is -0.370 e. The Morgan fingerprint density at radius 3 is 3.18 bits per heavy atom. The summed E-state index contributed by atoms with van der Waals surface area (Å²) in [5, 5.41) is 11.3. The lowest BCUT2D eigenvalue weighted by Gasteiger charge is -2.18. The third kappa shape index (κ3) is 2.45. The molecule has 4 rings (SSSR count). The molecule has 1 aliphatic heterocycles. The van der Waals surface area contributed by atoms with Gasteiger partial charge in [0.2, 0.25) is 0 Å². The van der Waals surface area contributed by atoms with E-state index in [1.165, 1.54) is 0 Å². The van der Waals surface area contributed by atoms with Crippen molar-refractivity contribution in [1.82, 2.24) is 25.1 Å². The Morgan fingerprint density at radius 2 is 2.27 bits per heavy atom. The van der Waals surface area contributed by atoms with Gasteiger partial charge in [0, 0.05) is 25.8 Å². The highest BCUT2D eigenvalue weighted by atomic mass is 15.2. The van der Waals surface area contributed by atoms with Gasteiger partial charge in [0.1, 0.15) is 18.0 Å². The Balaban J connectivity index is 1.43. The number of aromatic nitrogens is 5. The molecule has 3 aromatic heterocycles. The highest BCUT2D eigenvalue weighted by Gasteiger charge is 2.25. The maximum Gasteiger partial charge on any atom is 0.160 e. The number of hydrogen-bond acceptors (Lipinski definition) is 6. The molecule has 7 heteroatoms. The summed E-state index contributed by atoms with van der Waals surface area (Å²) >= 11 is 0. The van der Waals surface area contributed by atoms with Gasteiger partial charge in [-0.15, -0.1) is 0 Å². The number of nitrogens with one attached hydrogen (secondary N) is 2. The van der Waals surface area contributed by atoms with E-state index in [-0.39, 0.29) is 0 Å². The van der Waals surface area contributed by atoms with E-state index in [2.05, 4.69) is 35.4 Å². The number of anilines is 2. The minimum absolute atomic E-state index is 0.582. The van der Waals surface area contributed by atoms with Gasteiger partial charge in [-0.1, -0.05) is 6.07 Å². The molecule has 0 aromatic carbocycles. The number of pyridine rings is 1. The second kappa shape index (κ2) is 5.59. The average molecular weight is 295 g/mol. The van der Waals surface area contributed by atoms with Crippen molar-refractivity contribution in [2.75, 3.05) is 29.9 Å². The highest BCUT2D eigenvalue weighted by molar-refractivity contribution is 5.86. The van der Waals surface area contributed by atoms with Gasteiger partial charge in [0.05, 0.1) is 11.6 Å². The standard InChI is InChI=1S/C15H17N7/c1-2-5-16-13(3-1)17-7-11-4-6-22(9-11)15-12-8-20-21-14(12)18-10-19-15/h1-3,5,8,10-11H,4,6-7,9H2,(H,16,17)(H,18,19,20,21). The van der Waals surface area contributed by atoms with Crippen LogP contribution in [0.5, 0.6) is 0 Å². The maximum atomic E-state index is 4.44. The van der Waals surface area contributed by atoms with E-state index < -0.39 is 0 Å². The molecule has 1 unspecified atom stereocenters. The number of hydrogen-bond donors (Lipinski definition) is 2. The largest absolute Gasteiger partial charge is 0.370 e. The van der Waals surface area contributed by atoms with Crippen molar-refractivity contribution in [2.45, 2.75) is 6.42 Å². The quantitative estimate of drug-likeness (QED) is 0.762. The van der Waals surface area contributed by atoms with Gasteiger partial charge in [-0.2, -0.15) is 5.10 Å². The molecule has 3 aromatic rings. The third-order valence-corrected chi connectivity index (χ3v) is 4.05. The second-order valence-electron chi connectivity index (χ2n) is 5.53. The lowest BCUT2D eigenvalue weighted by Crippen LogP contribution is -2.23. The molecule has 0 amide bonds. The SMILES string of the molecule is c1ccc(NCC2CCN(c3ncnc4[nH]ncc34)C2)nc1. The normalized spacial score (nSPS) is 18.0. The van der Waals surface area contributed by atoms with Crippen LogP contribution in [0.15, 0.2) is 36.9 Å². The molecule has 22 heavy (non-hydrogen) atoms. The zero-order valence-electron chi connectivity index (χ0n) is 12.1. The van der Waals surface area contributed by atoms with E-state index in [1.807, 2.05) is 18.2 Å². The van der Waals surface area contributed by atoms with E-state index in [0.29, 0.717) is 5.92 Å². The molecule has 0 aliphatic carbocycles. The number of rotatable bonds is 4. The number of H-pyrrole nitrogens is 1. The smallest absolute Gasteiger partial charge is 0.160 e. The summed E-state index contributed by atoms with van der Waals surface area (Å²) in [6, 6.07) is 5.91. The molecule has 1 atom stereocenters. The molecule has 0 saturated carbocycles. The Bertz CT molecular complexity index is 755. The summed E-state index contributed by atoms with van der Waals surface area (Å²) in [4.78, 5) is 15.2. The van der Waals surface area contributed by atoms with Crippen molar-refractivity contribution < 1.29 is 0 Å². The summed E-state index contributed by atoms with van der Waals surface area (Å²) in [7, 11) is 0. The molecule has 2 N–H and O–H groups in total. The number of fused-ring (bicyclic) bond motifs is 1. The van der Waals surface area contributed by atoms with Crippen molar-refractivity contribution in [3.8, 4) is 0 Å². The first-order valence-electron chi connectivity index (χ1n) is 7.44. The fourth-order valence-corrected chi connectivity index (χ4v) is 2.91. The topological polar surface area (TPSA) is 82.6 Å². The van der Waals surface area contributed by atoms with Crippen molar-refractivity contribution >= 4 is 22.7 Å². The van der Waals surface area contributed by atoms with Crippen LogP contribution in [-0.4, -0.2) is 44.8 Å². The van der Waals surface area contributed by atoms with Crippen LogP contribution in [0.2, 0.25) is 0 Å². The van der Waals surface area contributed by atoms with Crippen LogP contribution in [0.25, 0.3) is 11.0 Å². The van der Waals surface area contributed by atoms with Crippen LogP contribution in [0, 0.1) is 5.92 Å². The van der Waals surface area contributed by atoms with Crippen LogP contribution < -0.4 is 10.2 Å². The summed E-state index contributed by atoms with van der Waals surface area (Å²) in [6.07, 6.45) is 6.34. The molecule has 0 radical (unpaired) electrons. The highest BCUT2D eigenvalue weighted by Crippen LogP contribution is 2.27. The number of nitrogens with zero attached hydrogens (tertiary/aromatic N) is 5. The average Bonchev–Trinajstić information content (AvgIpc) is 3.22. The van der Waals surface area contributed by atoms with Gasteiger partial charge in [0.15, 0.2) is 5.65 Å². The first-order valence-corrected chi connectivity index (χ1v) is 7.44. The first-order chi connectivity index (χ1) is 10.9. The van der Waals surface area contributed by atoms with Crippen molar-refractivity contribution in [3.63, 3.8) is 0 Å². The van der Waals surface area contributed by atoms with Crippen LogP contribution in [-0.2, 0) is 0 Å². The lowest BCUT2D eigenvalue weighted by molar-refractivity contribution is 0.621. The summed E-state index contributed by atoms with van der Waals surface area (Å²) in [5.41, 5.74) is 0.792. The molecule has 112 valence electrons. The fraction of sp³-hybridized carbons (Fsp3) is 0.333. The van der Waals surface area contributed by atoms with Crippen LogP contribution in [0.4, 0.5) is 11.6 Å². The second-order valence-corrected chi connectivity index (χ2v) is 5.53. The van der Waals surface area contributed by atoms with Crippen LogP contribution in [0.3, 0.4) is 0 Å². The van der Waals surface area contributed by atoms with Crippen molar-refractivity contribution in [2.24, 2.45) is 5.92 Å². The molecular weight excluding hydrogens is 278 g/mol. The van der Waals surface area contributed by atoms with E-state index in [4.69, 9.17) is 0 Å². The van der Waals surface area contributed by atoms with Gasteiger partial charge in [-0.3, -0.25) is 5.10 Å². The summed E-state index contributed by atoms with van der Waals surface area (Å²) < 4.78 is 0. The molecule has 1 fully saturated rings. The van der Waals surface area contributed by atoms with E-state index in [0.717, 1.165) is 48.7 Å². The monoisotopic (exact) mass is 295 g/mol. The molecule has 7 nitrogen and oxygen atoms in total. The van der Waals surface area contributed by atoms with Gasteiger partial charge in [-0.05, 0) is 24.5 Å². The molecule has 1 saturated heterocycles. The van der Waals surface area contributed by atoms with Crippen LogP contribution in [0.1, 0.15) is 6.42 Å². The predicted molar refractivity (Wildman–Crippen MR) is 84.7 cm³/mol. The lowest BCUT2D eigenvalue weighted by atomic mass is 10.1. The van der Waals surface area contributed by atoms with Gasteiger partial charge in [0.25, 0.3) is 0 Å². The summed E-state index contributed by atoms with van der Waals surface area (Å²) in [5.74, 6) is 2.48. The zero-order valence-corrected chi connectivity index (χ0v) is 12.1. The third-order valence-electron chi connectivity index (χ3n) is 4.05. The van der Waals surface area contributed by atoms with Gasteiger partial charge in [-0.25, -0.2) is 15.0 Å². The fourth-order valence-electron chi connectivity index (χ4n) is 2.91. The zero-order chi connectivity index (χ0) is 14.8. The van der Waals surface area contributed by atoms with Gasteiger partial charge >= 0.3 is 0 Å². The predicted octanol–water partition coefficient (Wildman–Crippen LogP) is 1.69. The molecule has 4 heterocycles. The van der Waals surface area contributed by atoms with E-state index in [9.17, 15) is 0 Å². The Kier molecular flexibility index (Phi) is 3.30. The molecule has 1 aliphatic rings. The van der Waals surface area contributed by atoms with E-state index in [1.54, 1.807) is 18.7 Å². The van der Waals surface area contributed by atoms with E-state index >= 15 is 0 Å². The Morgan fingerprint density at radius 1 is 1.27 bits per heavy atom. The molecular formula is C15H17N7.